The predicted molar refractivity (Wildman–Crippen MR) is 56.1 cm³/mol. The molecule has 0 radical (unpaired) electrons. The maximum absolute atomic E-state index is 13.7. The first kappa shape index (κ1) is 12.5. The Labute approximate surface area is 98.9 Å². The second kappa shape index (κ2) is 3.54. The molecular weight excluding hydrogens is 232 g/mol. The van der Waals surface area contributed by atoms with Gasteiger partial charge in [0.25, 0.3) is 5.92 Å². The van der Waals surface area contributed by atoms with Crippen LogP contribution in [0, 0.1) is 0 Å². The zero-order valence-corrected chi connectivity index (χ0v) is 10.3. The standard InChI is InChI=1S/C11H17F2NO3/c1-9(2,3)17-8(15)14-5-4-10(7-16-10)11(12,13)6-14/h4-7H2,1-3H3. The fourth-order valence-electron chi connectivity index (χ4n) is 1.89. The fraction of sp³-hybridized carbons (Fsp3) is 0.909. The molecule has 6 heteroatoms. The van der Waals surface area contributed by atoms with Crippen molar-refractivity contribution in [2.75, 3.05) is 19.7 Å². The number of alkyl halides is 2. The van der Waals surface area contributed by atoms with Crippen molar-refractivity contribution in [2.24, 2.45) is 0 Å². The average Bonchev–Trinajstić information content (AvgIpc) is 2.88. The number of epoxide rings is 1. The van der Waals surface area contributed by atoms with Crippen molar-refractivity contribution < 1.29 is 23.0 Å². The van der Waals surface area contributed by atoms with Crippen molar-refractivity contribution in [3.05, 3.63) is 0 Å². The van der Waals surface area contributed by atoms with Gasteiger partial charge in [-0.25, -0.2) is 13.6 Å². The van der Waals surface area contributed by atoms with E-state index in [4.69, 9.17) is 9.47 Å². The van der Waals surface area contributed by atoms with Gasteiger partial charge >= 0.3 is 6.09 Å². The highest BCUT2D eigenvalue weighted by molar-refractivity contribution is 5.68. The third-order valence-electron chi connectivity index (χ3n) is 2.99. The molecule has 1 atom stereocenters. The first-order valence-corrected chi connectivity index (χ1v) is 5.65. The molecule has 17 heavy (non-hydrogen) atoms. The zero-order valence-electron chi connectivity index (χ0n) is 10.3. The van der Waals surface area contributed by atoms with Crippen LogP contribution in [0.5, 0.6) is 0 Å². The number of rotatable bonds is 0. The Bertz CT molecular complexity index is 334. The van der Waals surface area contributed by atoms with Crippen LogP contribution in [0.15, 0.2) is 0 Å². The highest BCUT2D eigenvalue weighted by Crippen LogP contribution is 2.48. The molecule has 0 bridgehead atoms. The highest BCUT2D eigenvalue weighted by atomic mass is 19.3. The van der Waals surface area contributed by atoms with Gasteiger partial charge in [0.15, 0.2) is 5.60 Å². The van der Waals surface area contributed by atoms with E-state index in [0.717, 1.165) is 4.90 Å². The molecule has 98 valence electrons. The summed E-state index contributed by atoms with van der Waals surface area (Å²) in [5.74, 6) is -2.98. The summed E-state index contributed by atoms with van der Waals surface area (Å²) in [7, 11) is 0. The summed E-state index contributed by atoms with van der Waals surface area (Å²) in [5, 5.41) is 0. The number of likely N-dealkylation sites (tertiary alicyclic amines) is 1. The van der Waals surface area contributed by atoms with Gasteiger partial charge in [0.1, 0.15) is 5.60 Å². The molecule has 2 saturated heterocycles. The first-order valence-electron chi connectivity index (χ1n) is 5.65. The van der Waals surface area contributed by atoms with E-state index in [1.165, 1.54) is 0 Å². The van der Waals surface area contributed by atoms with Gasteiger partial charge in [-0.1, -0.05) is 0 Å². The molecule has 1 unspecified atom stereocenters. The first-order chi connectivity index (χ1) is 7.65. The average molecular weight is 249 g/mol. The minimum atomic E-state index is -2.98. The quantitative estimate of drug-likeness (QED) is 0.617. The summed E-state index contributed by atoms with van der Waals surface area (Å²) in [6, 6.07) is 0. The van der Waals surface area contributed by atoms with Crippen LogP contribution in [0.4, 0.5) is 13.6 Å². The molecule has 0 aromatic carbocycles. The SMILES string of the molecule is CC(C)(C)OC(=O)N1CCC2(CO2)C(F)(F)C1. The molecule has 1 amide bonds. The smallest absolute Gasteiger partial charge is 0.410 e. The number of halogens is 2. The van der Waals surface area contributed by atoms with Gasteiger partial charge in [-0.3, -0.25) is 0 Å². The zero-order chi connectivity index (χ0) is 12.9. The lowest BCUT2D eigenvalue weighted by Gasteiger charge is -2.37. The van der Waals surface area contributed by atoms with Crippen molar-refractivity contribution in [2.45, 2.75) is 44.3 Å². The van der Waals surface area contributed by atoms with Crippen LogP contribution in [0.3, 0.4) is 0 Å². The van der Waals surface area contributed by atoms with Crippen molar-refractivity contribution in [3.8, 4) is 0 Å². The molecular formula is C11H17F2NO3. The number of nitrogens with zero attached hydrogens (tertiary/aromatic N) is 1. The topological polar surface area (TPSA) is 42.1 Å². The van der Waals surface area contributed by atoms with Gasteiger partial charge < -0.3 is 14.4 Å². The van der Waals surface area contributed by atoms with E-state index < -0.39 is 29.8 Å². The maximum Gasteiger partial charge on any atom is 0.410 e. The summed E-state index contributed by atoms with van der Waals surface area (Å²) < 4.78 is 37.4. The normalized spacial score (nSPS) is 31.5. The van der Waals surface area contributed by atoms with Crippen LogP contribution in [0.1, 0.15) is 27.2 Å². The molecule has 4 nitrogen and oxygen atoms in total. The number of hydrogen-bond donors (Lipinski definition) is 0. The molecule has 2 fully saturated rings. The van der Waals surface area contributed by atoms with E-state index in [1.54, 1.807) is 20.8 Å². The lowest BCUT2D eigenvalue weighted by Crippen LogP contribution is -2.56. The second-order valence-electron chi connectivity index (χ2n) is 5.64. The number of carbonyl (C=O) groups excluding carboxylic acids is 1. The fourth-order valence-corrected chi connectivity index (χ4v) is 1.89. The van der Waals surface area contributed by atoms with Gasteiger partial charge in [-0.15, -0.1) is 0 Å². The Morgan fingerprint density at radius 2 is 2.00 bits per heavy atom. The van der Waals surface area contributed by atoms with E-state index in [-0.39, 0.29) is 19.6 Å². The van der Waals surface area contributed by atoms with Crippen LogP contribution < -0.4 is 0 Å². The van der Waals surface area contributed by atoms with Crippen molar-refractivity contribution in [1.29, 1.82) is 0 Å². The third-order valence-corrected chi connectivity index (χ3v) is 2.99. The largest absolute Gasteiger partial charge is 0.444 e. The van der Waals surface area contributed by atoms with Crippen molar-refractivity contribution in [1.82, 2.24) is 4.90 Å². The van der Waals surface area contributed by atoms with Crippen LogP contribution in [-0.2, 0) is 9.47 Å². The van der Waals surface area contributed by atoms with Gasteiger partial charge in [-0.05, 0) is 20.8 Å². The Morgan fingerprint density at radius 1 is 1.41 bits per heavy atom. The van der Waals surface area contributed by atoms with E-state index >= 15 is 0 Å². The number of amides is 1. The summed E-state index contributed by atoms with van der Waals surface area (Å²) in [6.45, 7) is 4.84. The van der Waals surface area contributed by atoms with Gasteiger partial charge in [-0.2, -0.15) is 0 Å². The van der Waals surface area contributed by atoms with Gasteiger partial charge in [0, 0.05) is 13.0 Å². The van der Waals surface area contributed by atoms with Crippen LogP contribution >= 0.6 is 0 Å². The van der Waals surface area contributed by atoms with Crippen molar-refractivity contribution in [3.63, 3.8) is 0 Å². The van der Waals surface area contributed by atoms with E-state index in [1.807, 2.05) is 0 Å². The third kappa shape index (κ3) is 2.36. The lowest BCUT2D eigenvalue weighted by atomic mass is 9.94. The molecule has 0 aromatic heterocycles. The summed E-state index contributed by atoms with van der Waals surface area (Å²) >= 11 is 0. The molecule has 2 aliphatic rings. The minimum absolute atomic E-state index is 0.0855. The summed E-state index contributed by atoms with van der Waals surface area (Å²) in [4.78, 5) is 12.7. The number of hydrogen-bond acceptors (Lipinski definition) is 3. The van der Waals surface area contributed by atoms with Crippen LogP contribution in [0.25, 0.3) is 0 Å². The Hall–Kier alpha value is -0.910. The number of piperidine rings is 1. The monoisotopic (exact) mass is 249 g/mol. The second-order valence-corrected chi connectivity index (χ2v) is 5.64. The number of carbonyl (C=O) groups is 1. The molecule has 2 heterocycles. The predicted octanol–water partition coefficient (Wildman–Crippen LogP) is 2.03. The Kier molecular flexibility index (Phi) is 2.61. The molecule has 0 N–H and O–H groups in total. The van der Waals surface area contributed by atoms with Gasteiger partial charge in [0.2, 0.25) is 0 Å². The molecule has 0 aliphatic carbocycles. The molecule has 0 aromatic rings. The maximum atomic E-state index is 13.7. The Morgan fingerprint density at radius 3 is 2.41 bits per heavy atom. The number of ether oxygens (including phenoxy) is 2. The Balaban J connectivity index is 1.98. The molecule has 0 saturated carbocycles. The van der Waals surface area contributed by atoms with Gasteiger partial charge in [0.05, 0.1) is 13.2 Å². The van der Waals surface area contributed by atoms with E-state index in [2.05, 4.69) is 0 Å². The minimum Gasteiger partial charge on any atom is -0.444 e. The highest BCUT2D eigenvalue weighted by Gasteiger charge is 2.67. The lowest BCUT2D eigenvalue weighted by molar-refractivity contribution is -0.122. The summed E-state index contributed by atoms with van der Waals surface area (Å²) in [6.07, 6.45) is -0.521. The molecule has 2 aliphatic heterocycles. The van der Waals surface area contributed by atoms with Crippen molar-refractivity contribution >= 4 is 6.09 Å². The summed E-state index contributed by atoms with van der Waals surface area (Å²) in [5.41, 5.74) is -1.98. The molecule has 1 spiro atoms. The van der Waals surface area contributed by atoms with Crippen LogP contribution in [-0.4, -0.2) is 47.8 Å². The molecule has 2 rings (SSSR count). The van der Waals surface area contributed by atoms with Crippen LogP contribution in [0.2, 0.25) is 0 Å². The van der Waals surface area contributed by atoms with E-state index in [9.17, 15) is 13.6 Å². The van der Waals surface area contributed by atoms with E-state index in [0.29, 0.717) is 0 Å².